The Morgan fingerprint density at radius 3 is 2.34 bits per heavy atom. The van der Waals surface area contributed by atoms with Crippen molar-refractivity contribution < 1.29 is 18.7 Å². The van der Waals surface area contributed by atoms with Crippen LogP contribution in [0.5, 0.6) is 5.75 Å². The summed E-state index contributed by atoms with van der Waals surface area (Å²) in [5.41, 5.74) is 1.60. The molecule has 3 aromatic carbocycles. The third-order valence-electron chi connectivity index (χ3n) is 5.21. The summed E-state index contributed by atoms with van der Waals surface area (Å²) in [6.07, 6.45) is 0.311. The van der Waals surface area contributed by atoms with Crippen molar-refractivity contribution in [1.82, 2.24) is 10.2 Å². The summed E-state index contributed by atoms with van der Waals surface area (Å²) in [6.45, 7) is 3.52. The Morgan fingerprint density at radius 2 is 1.71 bits per heavy atom. The largest absolute Gasteiger partial charge is 0.482 e. The van der Waals surface area contributed by atoms with Crippen molar-refractivity contribution >= 4 is 39.3 Å². The van der Waals surface area contributed by atoms with Crippen molar-refractivity contribution in [3.05, 3.63) is 99.2 Å². The van der Waals surface area contributed by atoms with Crippen LogP contribution in [-0.2, 0) is 22.6 Å². The van der Waals surface area contributed by atoms with E-state index < -0.39 is 11.9 Å². The van der Waals surface area contributed by atoms with Crippen LogP contribution >= 0.6 is 27.5 Å². The first-order valence-electron chi connectivity index (χ1n) is 11.2. The molecule has 2 amide bonds. The van der Waals surface area contributed by atoms with Crippen LogP contribution in [-0.4, -0.2) is 35.4 Å². The first-order valence-corrected chi connectivity index (χ1v) is 12.4. The highest BCUT2D eigenvalue weighted by molar-refractivity contribution is 9.10. The lowest BCUT2D eigenvalue weighted by molar-refractivity contribution is -0.143. The molecule has 8 heteroatoms. The number of hydrogen-bond donors (Lipinski definition) is 1. The van der Waals surface area contributed by atoms with Crippen molar-refractivity contribution in [3.63, 3.8) is 0 Å². The van der Waals surface area contributed by atoms with Crippen molar-refractivity contribution in [1.29, 1.82) is 0 Å². The van der Waals surface area contributed by atoms with Crippen molar-refractivity contribution in [2.45, 2.75) is 38.9 Å². The predicted molar refractivity (Wildman–Crippen MR) is 139 cm³/mol. The van der Waals surface area contributed by atoms with Crippen LogP contribution in [0.3, 0.4) is 0 Å². The minimum Gasteiger partial charge on any atom is -0.482 e. The molecule has 0 spiro atoms. The molecule has 5 nitrogen and oxygen atoms in total. The molecule has 1 N–H and O–H groups in total. The van der Waals surface area contributed by atoms with Gasteiger partial charge in [0.25, 0.3) is 5.91 Å². The summed E-state index contributed by atoms with van der Waals surface area (Å²) in [5, 5.41) is 3.28. The summed E-state index contributed by atoms with van der Waals surface area (Å²) in [4.78, 5) is 28.2. The molecule has 0 bridgehead atoms. The van der Waals surface area contributed by atoms with Gasteiger partial charge in [-0.05, 0) is 55.3 Å². The molecule has 0 aromatic heterocycles. The Balaban J connectivity index is 1.91. The number of hydrogen-bond acceptors (Lipinski definition) is 3. The second-order valence-corrected chi connectivity index (χ2v) is 9.70. The van der Waals surface area contributed by atoms with Crippen LogP contribution in [0.2, 0.25) is 5.02 Å². The lowest BCUT2D eigenvalue weighted by Gasteiger charge is -2.32. The minimum atomic E-state index is -0.804. The summed E-state index contributed by atoms with van der Waals surface area (Å²) >= 11 is 9.58. The molecule has 0 saturated heterocycles. The van der Waals surface area contributed by atoms with E-state index in [1.54, 1.807) is 30.3 Å². The van der Waals surface area contributed by atoms with Gasteiger partial charge in [0.05, 0.1) is 5.02 Å². The van der Waals surface area contributed by atoms with Crippen LogP contribution in [0.4, 0.5) is 4.39 Å². The van der Waals surface area contributed by atoms with Gasteiger partial charge in [0.15, 0.2) is 6.61 Å². The molecule has 184 valence electrons. The fraction of sp³-hybridized carbons (Fsp3) is 0.259. The number of amides is 2. The summed E-state index contributed by atoms with van der Waals surface area (Å²) in [6, 6.07) is 19.5. The number of ether oxygens (including phenoxy) is 1. The van der Waals surface area contributed by atoms with Crippen molar-refractivity contribution in [2.24, 2.45) is 0 Å². The minimum absolute atomic E-state index is 0.110. The lowest BCUT2D eigenvalue weighted by atomic mass is 10.0. The zero-order chi connectivity index (χ0) is 25.4. The Hall–Kier alpha value is -2.90. The monoisotopic (exact) mass is 560 g/mol. The molecule has 0 aliphatic heterocycles. The first kappa shape index (κ1) is 26.7. The van der Waals surface area contributed by atoms with E-state index in [-0.39, 0.29) is 30.9 Å². The summed E-state index contributed by atoms with van der Waals surface area (Å²) < 4.78 is 20.0. The Bertz CT molecular complexity index is 1140. The molecule has 0 aliphatic rings. The van der Waals surface area contributed by atoms with E-state index in [1.165, 1.54) is 17.0 Å². The van der Waals surface area contributed by atoms with Gasteiger partial charge < -0.3 is 15.0 Å². The second-order valence-electron chi connectivity index (χ2n) is 8.38. The van der Waals surface area contributed by atoms with E-state index in [0.717, 1.165) is 10.0 Å². The number of halogens is 3. The molecular formula is C27H27BrClFN2O3. The smallest absolute Gasteiger partial charge is 0.261 e. The predicted octanol–water partition coefficient (Wildman–Crippen LogP) is 5.79. The van der Waals surface area contributed by atoms with Gasteiger partial charge in [-0.25, -0.2) is 4.39 Å². The Kier molecular flexibility index (Phi) is 9.69. The highest BCUT2D eigenvalue weighted by Gasteiger charge is 2.31. The molecule has 0 heterocycles. The topological polar surface area (TPSA) is 58.6 Å². The molecule has 1 atom stereocenters. The van der Waals surface area contributed by atoms with E-state index in [2.05, 4.69) is 21.2 Å². The highest BCUT2D eigenvalue weighted by Crippen LogP contribution is 2.28. The maximum Gasteiger partial charge on any atom is 0.261 e. The van der Waals surface area contributed by atoms with Gasteiger partial charge in [-0.3, -0.25) is 9.59 Å². The Labute approximate surface area is 218 Å². The molecule has 0 unspecified atom stereocenters. The summed E-state index contributed by atoms with van der Waals surface area (Å²) in [7, 11) is 0. The Morgan fingerprint density at radius 1 is 1.03 bits per heavy atom. The second kappa shape index (κ2) is 12.7. The summed E-state index contributed by atoms with van der Waals surface area (Å²) in [5.74, 6) is -0.691. The van der Waals surface area contributed by atoms with E-state index in [1.807, 2.05) is 44.2 Å². The van der Waals surface area contributed by atoms with Gasteiger partial charge in [0, 0.05) is 23.5 Å². The van der Waals surface area contributed by atoms with Gasteiger partial charge in [0.1, 0.15) is 17.6 Å². The molecule has 3 rings (SSSR count). The third kappa shape index (κ3) is 8.08. The van der Waals surface area contributed by atoms with Gasteiger partial charge in [-0.2, -0.15) is 0 Å². The standard InChI is InChI=1S/C27H27BrClFN2O3/c1-18(2)31-27(34)24(14-19-6-4-3-5-7-19)32(16-20-8-11-22(30)12-9-20)26(33)17-35-25-13-10-21(28)15-23(25)29/h3-13,15,18,24H,14,16-17H2,1-2H3,(H,31,34)/t24-/m1/s1. The number of carbonyl (C=O) groups is 2. The van der Waals surface area contributed by atoms with Crippen molar-refractivity contribution in [3.8, 4) is 5.75 Å². The normalized spacial score (nSPS) is 11.7. The molecular weight excluding hydrogens is 535 g/mol. The molecule has 0 radical (unpaired) electrons. The quantitative estimate of drug-likeness (QED) is 0.341. The molecule has 0 saturated carbocycles. The first-order chi connectivity index (χ1) is 16.7. The molecule has 35 heavy (non-hydrogen) atoms. The maximum atomic E-state index is 13.5. The van der Waals surface area contributed by atoms with Gasteiger partial charge in [-0.1, -0.05) is 70.0 Å². The average Bonchev–Trinajstić information content (AvgIpc) is 2.82. The van der Waals surface area contributed by atoms with Crippen LogP contribution in [0.1, 0.15) is 25.0 Å². The van der Waals surface area contributed by atoms with Crippen molar-refractivity contribution in [2.75, 3.05) is 6.61 Å². The average molecular weight is 562 g/mol. The number of carbonyl (C=O) groups excluding carboxylic acids is 2. The highest BCUT2D eigenvalue weighted by atomic mass is 79.9. The number of nitrogens with zero attached hydrogens (tertiary/aromatic N) is 1. The SMILES string of the molecule is CC(C)NC(=O)[C@@H](Cc1ccccc1)N(Cc1ccc(F)cc1)C(=O)COc1ccc(Br)cc1Cl. The van der Waals surface area contributed by atoms with E-state index in [0.29, 0.717) is 22.8 Å². The fourth-order valence-electron chi connectivity index (χ4n) is 3.54. The van der Waals surface area contributed by atoms with Gasteiger partial charge in [0.2, 0.25) is 5.91 Å². The zero-order valence-corrected chi connectivity index (χ0v) is 21.9. The molecule has 0 fully saturated rings. The van der Waals surface area contributed by atoms with Gasteiger partial charge >= 0.3 is 0 Å². The number of rotatable bonds is 10. The molecule has 3 aromatic rings. The zero-order valence-electron chi connectivity index (χ0n) is 19.5. The molecule has 0 aliphatic carbocycles. The van der Waals surface area contributed by atoms with Crippen LogP contribution < -0.4 is 10.1 Å². The maximum absolute atomic E-state index is 13.5. The van der Waals surface area contributed by atoms with E-state index in [4.69, 9.17) is 16.3 Å². The third-order valence-corrected chi connectivity index (χ3v) is 6.00. The van der Waals surface area contributed by atoms with Crippen LogP contribution in [0.15, 0.2) is 77.3 Å². The number of nitrogens with one attached hydrogen (secondary N) is 1. The number of benzene rings is 3. The lowest BCUT2D eigenvalue weighted by Crippen LogP contribution is -2.52. The van der Waals surface area contributed by atoms with Crippen LogP contribution in [0, 0.1) is 5.82 Å². The van der Waals surface area contributed by atoms with Crippen LogP contribution in [0.25, 0.3) is 0 Å². The fourth-order valence-corrected chi connectivity index (χ4v) is 4.26. The van der Waals surface area contributed by atoms with Gasteiger partial charge in [-0.15, -0.1) is 0 Å². The van der Waals surface area contributed by atoms with E-state index >= 15 is 0 Å². The van der Waals surface area contributed by atoms with E-state index in [9.17, 15) is 14.0 Å².